The minimum absolute atomic E-state index is 0.0175. The van der Waals surface area contributed by atoms with E-state index in [4.69, 9.17) is 25.9 Å². The highest BCUT2D eigenvalue weighted by Crippen LogP contribution is 2.44. The summed E-state index contributed by atoms with van der Waals surface area (Å²) in [6.07, 6.45) is 2.09. The second kappa shape index (κ2) is 25.0. The van der Waals surface area contributed by atoms with Gasteiger partial charge in [-0.05, 0) is 88.4 Å². The van der Waals surface area contributed by atoms with Gasteiger partial charge in [-0.25, -0.2) is 24.4 Å². The summed E-state index contributed by atoms with van der Waals surface area (Å²) >= 11 is 0. The van der Waals surface area contributed by atoms with Crippen LogP contribution in [0.2, 0.25) is 0 Å². The Hall–Kier alpha value is -9.05. The molecule has 16 heteroatoms. The summed E-state index contributed by atoms with van der Waals surface area (Å²) in [7, 11) is 0. The number of unbranched alkanes of at least 4 members (excludes halogenated alkanes) is 1. The minimum atomic E-state index is -1.01. The van der Waals surface area contributed by atoms with Gasteiger partial charge in [0.2, 0.25) is 5.91 Å². The average molecular weight is 1030 g/mol. The van der Waals surface area contributed by atoms with E-state index in [1.165, 1.54) is 0 Å². The number of rotatable bonds is 23. The van der Waals surface area contributed by atoms with Crippen molar-refractivity contribution in [2.45, 2.75) is 83.5 Å². The van der Waals surface area contributed by atoms with Crippen LogP contribution in [0.4, 0.5) is 25.9 Å². The van der Waals surface area contributed by atoms with Crippen molar-refractivity contribution in [2.24, 2.45) is 11.7 Å². The van der Waals surface area contributed by atoms with Gasteiger partial charge in [0, 0.05) is 55.4 Å². The van der Waals surface area contributed by atoms with Crippen LogP contribution in [0.15, 0.2) is 152 Å². The first-order chi connectivity index (χ1) is 37.5. The lowest BCUT2D eigenvalue weighted by molar-refractivity contribution is -0.127. The number of nitrogens with zero attached hydrogens (tertiary/aromatic N) is 3. The second-order valence-corrected chi connectivity index (χ2v) is 19.4. The van der Waals surface area contributed by atoms with Crippen molar-refractivity contribution >= 4 is 63.3 Å². The van der Waals surface area contributed by atoms with Crippen molar-refractivity contribution in [3.8, 4) is 11.1 Å². The smallest absolute Gasteiger partial charge is 0.407 e. The van der Waals surface area contributed by atoms with E-state index in [9.17, 15) is 24.0 Å². The van der Waals surface area contributed by atoms with Gasteiger partial charge < -0.3 is 46.8 Å². The molecular weight excluding hydrogens is 971 g/mol. The number of hydrogen-bond donors (Lipinski definition) is 6. The zero-order chi connectivity index (χ0) is 53.7. The van der Waals surface area contributed by atoms with Gasteiger partial charge in [0.1, 0.15) is 24.6 Å². The van der Waals surface area contributed by atoms with Gasteiger partial charge in [0.15, 0.2) is 11.6 Å². The number of imidazole rings is 1. The number of nitrogens with two attached hydrogens (primary N) is 2. The lowest BCUT2D eigenvalue weighted by Gasteiger charge is -2.22. The zero-order valence-electron chi connectivity index (χ0n) is 43.0. The summed E-state index contributed by atoms with van der Waals surface area (Å²) in [5.41, 5.74) is 22.5. The first kappa shape index (κ1) is 52.8. The summed E-state index contributed by atoms with van der Waals surface area (Å²) in [5.74, 6) is -0.400. The molecule has 0 saturated heterocycles. The third kappa shape index (κ3) is 13.3. The number of ketones is 1. The first-order valence-electron chi connectivity index (χ1n) is 26.1. The molecule has 0 aliphatic heterocycles. The summed E-state index contributed by atoms with van der Waals surface area (Å²) < 4.78 is 13.6. The summed E-state index contributed by atoms with van der Waals surface area (Å²) in [6.45, 7) is 3.26. The monoisotopic (exact) mass is 1030 g/mol. The van der Waals surface area contributed by atoms with Crippen LogP contribution in [0.3, 0.4) is 0 Å². The molecule has 1 aliphatic carbocycles. The van der Waals surface area contributed by atoms with Crippen LogP contribution < -0.4 is 32.7 Å². The van der Waals surface area contributed by atoms with Gasteiger partial charge in [0.05, 0.1) is 17.1 Å². The molecule has 16 nitrogen and oxygen atoms in total. The Morgan fingerprint density at radius 1 is 0.688 bits per heavy atom. The molecule has 6 aromatic carbocycles. The van der Waals surface area contributed by atoms with E-state index >= 15 is 0 Å². The maximum atomic E-state index is 14.3. The maximum absolute atomic E-state index is 14.3. The van der Waals surface area contributed by atoms with Gasteiger partial charge >= 0.3 is 18.2 Å². The molecule has 2 heterocycles. The number of para-hydroxylation sites is 1. The Morgan fingerprint density at radius 2 is 1.35 bits per heavy atom. The second-order valence-electron chi connectivity index (χ2n) is 19.4. The normalized spacial score (nSPS) is 12.5. The highest BCUT2D eigenvalue weighted by Gasteiger charge is 2.32. The van der Waals surface area contributed by atoms with E-state index in [0.29, 0.717) is 35.6 Å². The number of carbonyl (C=O) groups excluding carboxylic acids is 5. The Bertz CT molecular complexity index is 3340. The van der Waals surface area contributed by atoms with Crippen LogP contribution in [0, 0.1) is 5.92 Å². The number of alkyl carbamates (subject to hydrolysis) is 2. The highest BCUT2D eigenvalue weighted by molar-refractivity contribution is 6.06. The number of anilines is 2. The molecule has 8 aromatic rings. The highest BCUT2D eigenvalue weighted by atomic mass is 16.6. The lowest BCUT2D eigenvalue weighted by Crippen LogP contribution is -2.44. The summed E-state index contributed by atoms with van der Waals surface area (Å²) in [6, 6.07) is 46.5. The predicted octanol–water partition coefficient (Wildman–Crippen LogP) is 10.1. The van der Waals surface area contributed by atoms with Gasteiger partial charge in [0.25, 0.3) is 0 Å². The predicted molar refractivity (Wildman–Crippen MR) is 298 cm³/mol. The number of fused-ring (bicyclic) bond motifs is 6. The number of Topliss-reactive ketones (excluding diaryl/α,β-unsaturated/α-hetero) is 1. The van der Waals surface area contributed by atoms with Crippen molar-refractivity contribution in [1.82, 2.24) is 30.5 Å². The third-order valence-electron chi connectivity index (χ3n) is 14.0. The molecule has 2 aromatic heterocycles. The minimum Gasteiger partial charge on any atom is -0.449 e. The summed E-state index contributed by atoms with van der Waals surface area (Å²) in [5, 5.41) is 12.1. The number of aromatic nitrogens is 3. The number of amides is 5. The maximum Gasteiger partial charge on any atom is 0.407 e. The quantitative estimate of drug-likeness (QED) is 0.0332. The largest absolute Gasteiger partial charge is 0.449 e. The number of hydrogen-bond acceptors (Lipinski definition) is 10. The fourth-order valence-electron chi connectivity index (χ4n) is 10.00. The van der Waals surface area contributed by atoms with Crippen molar-refractivity contribution in [1.29, 1.82) is 0 Å². The standard InChI is InChI=1S/C61H63N9O7/c1-2-3-23-54-69-55-56(49-21-11-12-22-51(49)67-57(55)62)70(54)36-41-26-24-40(25-27-41)35-65-60(74)76-37-42-28-30-44(31-29-42)66-58(72)43(16-13-32-64-59(63)73)34-53(71)52(33-39-14-5-4-6-15-39)68-61(75)77-38-50-47-19-9-7-17-45(47)46-18-8-10-20-48(46)50/h4-12,14-15,17-22,24-31,43,50,52H,2-3,13,16,23,32-38H2,1H3,(H2,62,67)(H,65,74)(H,66,72)(H,68,75)(H3,63,64,73)/t43-,52+/m1/s1. The topological polar surface area (TPSA) is 235 Å². The average Bonchev–Trinajstić information content (AvgIpc) is 3.98. The van der Waals surface area contributed by atoms with Crippen LogP contribution in [-0.2, 0) is 51.6 Å². The molecular formula is C61H63N9O7. The van der Waals surface area contributed by atoms with E-state index in [-0.39, 0.29) is 57.3 Å². The SMILES string of the molecule is CCCCc1nc2c(N)nc3ccccc3c2n1Cc1ccc(CNC(=O)OCc2ccc(NC(=O)[C@H](CCCNC(N)=O)CC(=O)[C@H](Cc3ccccc3)NC(=O)OCC3c4ccccc4-c4ccccc43)cc2)cc1. The Morgan fingerprint density at radius 3 is 2.06 bits per heavy atom. The summed E-state index contributed by atoms with van der Waals surface area (Å²) in [4.78, 5) is 75.7. The van der Waals surface area contributed by atoms with Gasteiger partial charge in [-0.1, -0.05) is 147 Å². The molecule has 5 amide bonds. The van der Waals surface area contributed by atoms with E-state index in [0.717, 1.165) is 80.5 Å². The lowest BCUT2D eigenvalue weighted by atomic mass is 9.91. The number of ether oxygens (including phenoxy) is 2. The van der Waals surface area contributed by atoms with Crippen molar-refractivity contribution in [3.63, 3.8) is 0 Å². The Labute approximate surface area is 447 Å². The molecule has 0 radical (unpaired) electrons. The number of nitrogens with one attached hydrogen (secondary N) is 4. The molecule has 2 atom stereocenters. The van der Waals surface area contributed by atoms with Crippen LogP contribution in [0.25, 0.3) is 33.1 Å². The number of aryl methyl sites for hydroxylation is 1. The molecule has 0 unspecified atom stereocenters. The van der Waals surface area contributed by atoms with Crippen LogP contribution in [0.1, 0.15) is 84.2 Å². The number of benzene rings is 6. The number of pyridine rings is 1. The van der Waals surface area contributed by atoms with Crippen molar-refractivity contribution in [2.75, 3.05) is 24.2 Å². The van der Waals surface area contributed by atoms with Crippen LogP contribution >= 0.6 is 0 Å². The van der Waals surface area contributed by atoms with E-state index in [1.807, 2.05) is 109 Å². The Balaban J connectivity index is 0.784. The number of carbonyl (C=O) groups is 5. The van der Waals surface area contributed by atoms with E-state index in [1.54, 1.807) is 24.3 Å². The van der Waals surface area contributed by atoms with Crippen molar-refractivity contribution in [3.05, 3.63) is 191 Å². The van der Waals surface area contributed by atoms with E-state index < -0.39 is 36.1 Å². The van der Waals surface area contributed by atoms with Gasteiger partial charge in [-0.2, -0.15) is 0 Å². The number of urea groups is 1. The molecule has 0 fully saturated rings. The van der Waals surface area contributed by atoms with E-state index in [2.05, 4.69) is 55.9 Å². The molecule has 8 N–H and O–H groups in total. The van der Waals surface area contributed by atoms with Crippen LogP contribution in [0.5, 0.6) is 0 Å². The zero-order valence-corrected chi connectivity index (χ0v) is 43.0. The number of primary amides is 1. The molecule has 0 spiro atoms. The van der Waals surface area contributed by atoms with Gasteiger partial charge in [-0.15, -0.1) is 0 Å². The fraction of sp³-hybridized carbons (Fsp3) is 0.262. The Kier molecular flexibility index (Phi) is 17.1. The molecule has 9 rings (SSSR count). The van der Waals surface area contributed by atoms with Crippen molar-refractivity contribution < 1.29 is 33.4 Å². The van der Waals surface area contributed by atoms with Gasteiger partial charge in [-0.3, -0.25) is 9.59 Å². The molecule has 1 aliphatic rings. The fourth-order valence-corrected chi connectivity index (χ4v) is 10.00. The molecule has 0 saturated carbocycles. The third-order valence-corrected chi connectivity index (χ3v) is 14.0. The van der Waals surface area contributed by atoms with Crippen LogP contribution in [-0.4, -0.2) is 63.6 Å². The molecule has 0 bridgehead atoms. The number of nitrogen functional groups attached to an aromatic ring is 1. The first-order valence-corrected chi connectivity index (χ1v) is 26.1. The molecule has 77 heavy (non-hydrogen) atoms. The molecule has 394 valence electrons.